The first kappa shape index (κ1) is 13.0. The highest BCUT2D eigenvalue weighted by Gasteiger charge is 2.41. The summed E-state index contributed by atoms with van der Waals surface area (Å²) >= 11 is 1.74. The molecular formula is C13H22N2OS. The van der Waals surface area contributed by atoms with Crippen LogP contribution in [-0.2, 0) is 11.2 Å². The largest absolute Gasteiger partial charge is 0.378 e. The summed E-state index contributed by atoms with van der Waals surface area (Å²) in [5.74, 6) is 0. The highest BCUT2D eigenvalue weighted by atomic mass is 32.1. The van der Waals surface area contributed by atoms with Crippen molar-refractivity contribution in [2.45, 2.75) is 39.7 Å². The topological polar surface area (TPSA) is 34.2 Å². The van der Waals surface area contributed by atoms with Crippen LogP contribution in [0.2, 0.25) is 0 Å². The van der Waals surface area contributed by atoms with Gasteiger partial charge < -0.3 is 10.1 Å². The maximum atomic E-state index is 5.78. The predicted octanol–water partition coefficient (Wildman–Crippen LogP) is 2.40. The van der Waals surface area contributed by atoms with Crippen molar-refractivity contribution in [2.24, 2.45) is 5.41 Å². The van der Waals surface area contributed by atoms with E-state index in [9.17, 15) is 0 Å². The number of nitrogens with zero attached hydrogens (tertiary/aromatic N) is 1. The zero-order chi connectivity index (χ0) is 12.3. The second kappa shape index (κ2) is 5.46. The number of nitrogens with one attached hydrogen (secondary N) is 1. The molecule has 2 atom stereocenters. The summed E-state index contributed by atoms with van der Waals surface area (Å²) in [6.07, 6.45) is 2.49. The van der Waals surface area contributed by atoms with Gasteiger partial charge in [0.05, 0.1) is 16.8 Å². The molecule has 1 saturated heterocycles. The van der Waals surface area contributed by atoms with Crippen molar-refractivity contribution in [3.63, 3.8) is 0 Å². The Kier molecular flexibility index (Phi) is 4.17. The third-order valence-electron chi connectivity index (χ3n) is 3.76. The summed E-state index contributed by atoms with van der Waals surface area (Å²) < 4.78 is 5.78. The van der Waals surface area contributed by atoms with Gasteiger partial charge >= 0.3 is 0 Å². The van der Waals surface area contributed by atoms with Crippen LogP contribution < -0.4 is 5.32 Å². The first-order valence-corrected chi connectivity index (χ1v) is 7.27. The molecule has 2 heterocycles. The van der Waals surface area contributed by atoms with Crippen LogP contribution in [0.1, 0.15) is 31.0 Å². The standard InChI is InChI=1S/C13H22N2OS/c1-4-14-9-13(5-6-16-10(13)2)7-12-8-17-11(3)15-12/h8,10,14H,4-7,9H2,1-3H3. The normalized spacial score (nSPS) is 28.8. The van der Waals surface area contributed by atoms with Crippen molar-refractivity contribution >= 4 is 11.3 Å². The first-order chi connectivity index (χ1) is 8.16. The Morgan fingerprint density at radius 2 is 2.47 bits per heavy atom. The van der Waals surface area contributed by atoms with E-state index in [1.807, 2.05) is 0 Å². The average Bonchev–Trinajstić information content (AvgIpc) is 2.85. The molecule has 1 aromatic heterocycles. The van der Waals surface area contributed by atoms with E-state index < -0.39 is 0 Å². The van der Waals surface area contributed by atoms with Crippen LogP contribution in [0.4, 0.5) is 0 Å². The number of rotatable bonds is 5. The van der Waals surface area contributed by atoms with Crippen molar-refractivity contribution in [1.82, 2.24) is 10.3 Å². The molecule has 17 heavy (non-hydrogen) atoms. The molecule has 2 unspecified atom stereocenters. The van der Waals surface area contributed by atoms with E-state index in [0.717, 1.165) is 37.5 Å². The maximum absolute atomic E-state index is 5.78. The molecule has 1 aliphatic heterocycles. The molecule has 1 fully saturated rings. The quantitative estimate of drug-likeness (QED) is 0.876. The second-order valence-electron chi connectivity index (χ2n) is 4.94. The number of hydrogen-bond donors (Lipinski definition) is 1. The van der Waals surface area contributed by atoms with E-state index in [1.54, 1.807) is 11.3 Å². The third kappa shape index (κ3) is 2.87. The molecule has 0 aliphatic carbocycles. The van der Waals surface area contributed by atoms with Crippen LogP contribution >= 0.6 is 11.3 Å². The lowest BCUT2D eigenvalue weighted by molar-refractivity contribution is 0.0629. The van der Waals surface area contributed by atoms with Gasteiger partial charge in [0.15, 0.2) is 0 Å². The van der Waals surface area contributed by atoms with Gasteiger partial charge in [-0.25, -0.2) is 4.98 Å². The van der Waals surface area contributed by atoms with Gasteiger partial charge in [0, 0.05) is 23.9 Å². The van der Waals surface area contributed by atoms with Crippen LogP contribution in [0, 0.1) is 12.3 Å². The zero-order valence-electron chi connectivity index (χ0n) is 11.0. The Morgan fingerprint density at radius 3 is 3.00 bits per heavy atom. The molecular weight excluding hydrogens is 232 g/mol. The van der Waals surface area contributed by atoms with E-state index in [1.165, 1.54) is 5.69 Å². The molecule has 0 amide bonds. The molecule has 0 aromatic carbocycles. The fraction of sp³-hybridized carbons (Fsp3) is 0.769. The molecule has 0 saturated carbocycles. The molecule has 0 spiro atoms. The van der Waals surface area contributed by atoms with Gasteiger partial charge in [0.25, 0.3) is 0 Å². The lowest BCUT2D eigenvalue weighted by atomic mass is 9.77. The Labute approximate surface area is 108 Å². The number of thiazole rings is 1. The molecule has 2 rings (SSSR count). The van der Waals surface area contributed by atoms with Gasteiger partial charge in [-0.15, -0.1) is 11.3 Å². The van der Waals surface area contributed by atoms with Gasteiger partial charge in [0.1, 0.15) is 0 Å². The SMILES string of the molecule is CCNCC1(Cc2csc(C)n2)CCOC1C. The minimum absolute atomic E-state index is 0.233. The van der Waals surface area contributed by atoms with Crippen molar-refractivity contribution in [3.05, 3.63) is 16.1 Å². The Morgan fingerprint density at radius 1 is 1.65 bits per heavy atom. The van der Waals surface area contributed by atoms with Gasteiger partial charge in [-0.3, -0.25) is 0 Å². The number of ether oxygens (including phenoxy) is 1. The Balaban J connectivity index is 2.10. The summed E-state index contributed by atoms with van der Waals surface area (Å²) in [6.45, 7) is 9.35. The van der Waals surface area contributed by atoms with Crippen molar-refractivity contribution in [3.8, 4) is 0 Å². The predicted molar refractivity (Wildman–Crippen MR) is 71.6 cm³/mol. The van der Waals surface area contributed by atoms with Crippen LogP contribution in [0.5, 0.6) is 0 Å². The number of aromatic nitrogens is 1. The van der Waals surface area contributed by atoms with Gasteiger partial charge in [-0.2, -0.15) is 0 Å². The van der Waals surface area contributed by atoms with Gasteiger partial charge in [-0.1, -0.05) is 6.92 Å². The molecule has 1 N–H and O–H groups in total. The zero-order valence-corrected chi connectivity index (χ0v) is 11.8. The fourth-order valence-corrected chi connectivity index (χ4v) is 3.18. The minimum Gasteiger partial charge on any atom is -0.378 e. The Hall–Kier alpha value is -0.450. The van der Waals surface area contributed by atoms with Crippen molar-refractivity contribution in [1.29, 1.82) is 0 Å². The average molecular weight is 254 g/mol. The monoisotopic (exact) mass is 254 g/mol. The minimum atomic E-state index is 0.233. The van der Waals surface area contributed by atoms with Crippen molar-refractivity contribution < 1.29 is 4.74 Å². The summed E-state index contributed by atoms with van der Waals surface area (Å²) in [7, 11) is 0. The molecule has 1 aromatic rings. The molecule has 1 aliphatic rings. The van der Waals surface area contributed by atoms with E-state index in [0.29, 0.717) is 6.10 Å². The molecule has 0 bridgehead atoms. The molecule has 0 radical (unpaired) electrons. The molecule has 4 heteroatoms. The molecule has 3 nitrogen and oxygen atoms in total. The third-order valence-corrected chi connectivity index (χ3v) is 4.58. The summed E-state index contributed by atoms with van der Waals surface area (Å²) in [5.41, 5.74) is 1.46. The maximum Gasteiger partial charge on any atom is 0.0897 e. The van der Waals surface area contributed by atoms with Crippen LogP contribution in [-0.4, -0.2) is 30.8 Å². The highest BCUT2D eigenvalue weighted by molar-refractivity contribution is 7.09. The fourth-order valence-electron chi connectivity index (χ4n) is 2.57. The van der Waals surface area contributed by atoms with E-state index in [4.69, 9.17) is 4.74 Å². The van der Waals surface area contributed by atoms with E-state index in [2.05, 4.69) is 36.5 Å². The highest BCUT2D eigenvalue weighted by Crippen LogP contribution is 2.37. The number of hydrogen-bond acceptors (Lipinski definition) is 4. The van der Waals surface area contributed by atoms with Gasteiger partial charge in [-0.05, 0) is 33.2 Å². The first-order valence-electron chi connectivity index (χ1n) is 6.39. The smallest absolute Gasteiger partial charge is 0.0897 e. The lowest BCUT2D eigenvalue weighted by Crippen LogP contribution is -2.41. The van der Waals surface area contributed by atoms with Crippen LogP contribution in [0.25, 0.3) is 0 Å². The summed E-state index contributed by atoms with van der Waals surface area (Å²) in [6, 6.07) is 0. The lowest BCUT2D eigenvalue weighted by Gasteiger charge is -2.32. The molecule has 96 valence electrons. The number of aryl methyl sites for hydroxylation is 1. The Bertz CT molecular complexity index is 366. The van der Waals surface area contributed by atoms with Crippen molar-refractivity contribution in [2.75, 3.05) is 19.7 Å². The van der Waals surface area contributed by atoms with E-state index in [-0.39, 0.29) is 5.41 Å². The second-order valence-corrected chi connectivity index (χ2v) is 6.00. The summed E-state index contributed by atoms with van der Waals surface area (Å²) in [4.78, 5) is 4.60. The summed E-state index contributed by atoms with van der Waals surface area (Å²) in [5, 5.41) is 6.83. The van der Waals surface area contributed by atoms with Crippen LogP contribution in [0.3, 0.4) is 0 Å². The van der Waals surface area contributed by atoms with Gasteiger partial charge in [0.2, 0.25) is 0 Å². The van der Waals surface area contributed by atoms with Crippen LogP contribution in [0.15, 0.2) is 5.38 Å². The van der Waals surface area contributed by atoms with E-state index >= 15 is 0 Å².